The first kappa shape index (κ1) is 26.8. The molecule has 0 radical (unpaired) electrons. The summed E-state index contributed by atoms with van der Waals surface area (Å²) < 4.78 is 21.8. The number of ether oxygens (including phenoxy) is 4. The average Bonchev–Trinajstić information content (AvgIpc) is 3.20. The predicted molar refractivity (Wildman–Crippen MR) is 142 cm³/mol. The first-order chi connectivity index (χ1) is 18.4. The molecule has 3 aromatic carbocycles. The Hall–Kier alpha value is -4.30. The topological polar surface area (TPSA) is 94.5 Å². The number of hydrogen-bond acceptors (Lipinski definition) is 7. The molecule has 1 atom stereocenters. The summed E-state index contributed by atoms with van der Waals surface area (Å²) in [6.45, 7) is 2.82. The number of ketones is 1. The van der Waals surface area contributed by atoms with Gasteiger partial charge in [-0.05, 0) is 60.0 Å². The zero-order valence-corrected chi connectivity index (χ0v) is 21.9. The summed E-state index contributed by atoms with van der Waals surface area (Å²) in [6, 6.07) is 19.1. The third-order valence-corrected chi connectivity index (χ3v) is 6.58. The van der Waals surface area contributed by atoms with Crippen LogP contribution >= 0.6 is 0 Å². The maximum Gasteiger partial charge on any atom is 0.295 e. The van der Waals surface area contributed by atoms with Gasteiger partial charge in [-0.25, -0.2) is 0 Å². The van der Waals surface area contributed by atoms with E-state index in [1.807, 2.05) is 31.2 Å². The normalized spacial score (nSPS) is 16.5. The van der Waals surface area contributed by atoms with Gasteiger partial charge in [-0.3, -0.25) is 9.59 Å². The van der Waals surface area contributed by atoms with Crippen LogP contribution in [0, 0.1) is 6.92 Å². The van der Waals surface area contributed by atoms with Crippen molar-refractivity contribution in [1.29, 1.82) is 0 Å². The van der Waals surface area contributed by atoms with E-state index in [1.165, 1.54) is 26.2 Å². The second-order valence-electron chi connectivity index (χ2n) is 8.84. The lowest BCUT2D eigenvalue weighted by Gasteiger charge is -2.25. The molecular formula is C30H31NO7. The maximum absolute atomic E-state index is 13.2. The molecule has 0 spiro atoms. The van der Waals surface area contributed by atoms with E-state index in [1.54, 1.807) is 42.5 Å². The van der Waals surface area contributed by atoms with Gasteiger partial charge >= 0.3 is 0 Å². The molecule has 1 N–H and O–H groups in total. The average molecular weight is 518 g/mol. The van der Waals surface area contributed by atoms with E-state index in [2.05, 4.69) is 0 Å². The summed E-state index contributed by atoms with van der Waals surface area (Å²) in [5.74, 6) is -0.181. The maximum atomic E-state index is 13.2. The smallest absolute Gasteiger partial charge is 0.295 e. The van der Waals surface area contributed by atoms with Gasteiger partial charge in [-0.2, -0.15) is 0 Å². The molecule has 0 aromatic heterocycles. The number of nitrogens with zero attached hydrogens (tertiary/aromatic N) is 1. The summed E-state index contributed by atoms with van der Waals surface area (Å²) in [5.41, 5.74) is 3.19. The standard InChI is InChI=1S/C30H31NO7/c1-19-7-5-6-8-22(19)18-38-23-12-9-20(10-13-23)28(32)26-27(31(15-16-35-2)30(34)29(26)33)21-11-14-24(36-3)25(17-21)37-4/h5-14,17,27,32H,15-16,18H2,1-4H3. The Kier molecular flexibility index (Phi) is 8.33. The number of methoxy groups -OCH3 is 3. The van der Waals surface area contributed by atoms with Crippen molar-refractivity contribution < 1.29 is 33.6 Å². The molecule has 38 heavy (non-hydrogen) atoms. The fourth-order valence-electron chi connectivity index (χ4n) is 4.47. The number of Topliss-reactive ketones (excluding diaryl/α,β-unsaturated/α-hetero) is 1. The largest absolute Gasteiger partial charge is 0.507 e. The first-order valence-electron chi connectivity index (χ1n) is 12.2. The zero-order valence-electron chi connectivity index (χ0n) is 21.9. The number of aliphatic hydroxyl groups is 1. The van der Waals surface area contributed by atoms with Gasteiger partial charge in [-0.1, -0.05) is 30.3 Å². The molecule has 1 heterocycles. The number of rotatable bonds is 10. The Morgan fingerprint density at radius 2 is 1.63 bits per heavy atom. The van der Waals surface area contributed by atoms with Gasteiger partial charge in [-0.15, -0.1) is 0 Å². The first-order valence-corrected chi connectivity index (χ1v) is 12.2. The number of benzene rings is 3. The number of carbonyl (C=O) groups is 2. The monoisotopic (exact) mass is 517 g/mol. The molecule has 4 rings (SSSR count). The van der Waals surface area contributed by atoms with Crippen molar-refractivity contribution in [2.24, 2.45) is 0 Å². The molecule has 1 aliphatic rings. The second-order valence-corrected chi connectivity index (χ2v) is 8.84. The lowest BCUT2D eigenvalue weighted by atomic mass is 9.95. The van der Waals surface area contributed by atoms with Crippen LogP contribution in [0.2, 0.25) is 0 Å². The Morgan fingerprint density at radius 3 is 2.29 bits per heavy atom. The van der Waals surface area contributed by atoms with Gasteiger partial charge in [0.05, 0.1) is 32.4 Å². The molecule has 198 valence electrons. The third-order valence-electron chi connectivity index (χ3n) is 6.58. The Labute approximate surface area is 222 Å². The number of amides is 1. The molecule has 1 amide bonds. The van der Waals surface area contributed by atoms with Crippen molar-refractivity contribution in [3.05, 3.63) is 94.6 Å². The molecule has 8 heteroatoms. The summed E-state index contributed by atoms with van der Waals surface area (Å²) in [7, 11) is 4.55. The van der Waals surface area contributed by atoms with Crippen LogP contribution in [0.3, 0.4) is 0 Å². The van der Waals surface area contributed by atoms with Gasteiger partial charge < -0.3 is 29.0 Å². The number of hydrogen-bond donors (Lipinski definition) is 1. The van der Waals surface area contributed by atoms with Crippen LogP contribution < -0.4 is 14.2 Å². The van der Waals surface area contributed by atoms with Crippen LogP contribution in [-0.4, -0.2) is 56.2 Å². The molecule has 0 saturated carbocycles. The number of aryl methyl sites for hydroxylation is 1. The van der Waals surface area contributed by atoms with Crippen LogP contribution in [0.15, 0.2) is 72.3 Å². The van der Waals surface area contributed by atoms with Crippen molar-refractivity contribution in [1.82, 2.24) is 4.90 Å². The molecule has 1 unspecified atom stereocenters. The molecule has 1 aliphatic heterocycles. The van der Waals surface area contributed by atoms with Crippen molar-refractivity contribution in [2.75, 3.05) is 34.5 Å². The summed E-state index contributed by atoms with van der Waals surface area (Å²) in [5, 5.41) is 11.3. The van der Waals surface area contributed by atoms with E-state index >= 15 is 0 Å². The third kappa shape index (κ3) is 5.35. The molecule has 0 bridgehead atoms. The van der Waals surface area contributed by atoms with Crippen molar-refractivity contribution in [2.45, 2.75) is 19.6 Å². The SMILES string of the molecule is COCCN1C(=O)C(=O)C(=C(O)c2ccc(OCc3ccccc3C)cc2)C1c1ccc(OC)c(OC)c1. The van der Waals surface area contributed by atoms with Crippen LogP contribution in [0.4, 0.5) is 0 Å². The summed E-state index contributed by atoms with van der Waals surface area (Å²) in [6.07, 6.45) is 0. The highest BCUT2D eigenvalue weighted by molar-refractivity contribution is 6.46. The quantitative estimate of drug-likeness (QED) is 0.237. The predicted octanol–water partition coefficient (Wildman–Crippen LogP) is 4.66. The van der Waals surface area contributed by atoms with E-state index in [4.69, 9.17) is 18.9 Å². The van der Waals surface area contributed by atoms with Crippen LogP contribution in [0.1, 0.15) is 28.3 Å². The molecule has 3 aromatic rings. The van der Waals surface area contributed by atoms with Crippen molar-refractivity contribution in [3.63, 3.8) is 0 Å². The minimum Gasteiger partial charge on any atom is -0.507 e. The summed E-state index contributed by atoms with van der Waals surface area (Å²) in [4.78, 5) is 27.6. The van der Waals surface area contributed by atoms with Crippen LogP contribution in [-0.2, 0) is 20.9 Å². The number of carbonyl (C=O) groups excluding carboxylic acids is 2. The zero-order chi connectivity index (χ0) is 27.2. The van der Waals surface area contributed by atoms with Gasteiger partial charge in [0.15, 0.2) is 11.5 Å². The van der Waals surface area contributed by atoms with E-state index in [0.717, 1.165) is 11.1 Å². The lowest BCUT2D eigenvalue weighted by molar-refractivity contribution is -0.140. The molecule has 1 fully saturated rings. The Morgan fingerprint density at radius 1 is 0.921 bits per heavy atom. The van der Waals surface area contributed by atoms with E-state index in [-0.39, 0.29) is 24.5 Å². The van der Waals surface area contributed by atoms with E-state index in [0.29, 0.717) is 35.0 Å². The van der Waals surface area contributed by atoms with Gasteiger partial charge in [0, 0.05) is 19.2 Å². The van der Waals surface area contributed by atoms with Gasteiger partial charge in [0.1, 0.15) is 18.1 Å². The van der Waals surface area contributed by atoms with Gasteiger partial charge in [0.25, 0.3) is 11.7 Å². The van der Waals surface area contributed by atoms with Crippen LogP contribution in [0.25, 0.3) is 5.76 Å². The van der Waals surface area contributed by atoms with Crippen molar-refractivity contribution >= 4 is 17.4 Å². The van der Waals surface area contributed by atoms with Crippen LogP contribution in [0.5, 0.6) is 17.2 Å². The Bertz CT molecular complexity index is 1350. The molecular weight excluding hydrogens is 486 g/mol. The minimum atomic E-state index is -0.832. The van der Waals surface area contributed by atoms with E-state index in [9.17, 15) is 14.7 Å². The summed E-state index contributed by atoms with van der Waals surface area (Å²) >= 11 is 0. The highest BCUT2D eigenvalue weighted by Crippen LogP contribution is 2.42. The fraction of sp³-hybridized carbons (Fsp3) is 0.267. The molecule has 0 aliphatic carbocycles. The van der Waals surface area contributed by atoms with E-state index < -0.39 is 17.7 Å². The Balaban J connectivity index is 1.69. The highest BCUT2D eigenvalue weighted by Gasteiger charge is 2.46. The number of likely N-dealkylation sites (tertiary alicyclic amines) is 1. The minimum absolute atomic E-state index is 0.00750. The molecule has 1 saturated heterocycles. The van der Waals surface area contributed by atoms with Gasteiger partial charge in [0.2, 0.25) is 0 Å². The van der Waals surface area contributed by atoms with Crippen molar-refractivity contribution in [3.8, 4) is 17.2 Å². The second kappa shape index (κ2) is 11.8. The lowest BCUT2D eigenvalue weighted by Crippen LogP contribution is -2.32. The molecule has 8 nitrogen and oxygen atoms in total. The fourth-order valence-corrected chi connectivity index (χ4v) is 4.47. The number of aliphatic hydroxyl groups excluding tert-OH is 1. The highest BCUT2D eigenvalue weighted by atomic mass is 16.5.